The maximum Gasteiger partial charge on any atom is 0.316 e. The monoisotopic (exact) mass is 338 g/mol. The Morgan fingerprint density at radius 1 is 1.39 bits per heavy atom. The molecule has 0 aliphatic heterocycles. The lowest BCUT2D eigenvalue weighted by Crippen LogP contribution is -2.38. The molecule has 1 heterocycles. The number of thioether (sulfide) groups is 1. The maximum absolute atomic E-state index is 11.6. The summed E-state index contributed by atoms with van der Waals surface area (Å²) in [5.74, 6) is -0.852. The first-order chi connectivity index (χ1) is 11.1. The third-order valence-corrected chi connectivity index (χ3v) is 3.58. The topological polar surface area (TPSA) is 90.7 Å². The number of oxazole rings is 1. The van der Waals surface area contributed by atoms with Crippen LogP contribution in [0.1, 0.15) is 6.92 Å². The molecule has 2 aromatic rings. The van der Waals surface area contributed by atoms with Gasteiger partial charge in [0.15, 0.2) is 12.2 Å². The van der Waals surface area contributed by atoms with Gasteiger partial charge >= 0.3 is 5.97 Å². The molecule has 124 valence electrons. The molecule has 0 radical (unpaired) electrons. The van der Waals surface area contributed by atoms with Gasteiger partial charge in [0.05, 0.1) is 6.61 Å². The molecule has 0 bridgehead atoms. The number of carbonyl (C=O) groups is 2. The molecule has 2 rings (SSSR count). The smallest absolute Gasteiger partial charge is 0.316 e. The number of hydrogen-bond donors (Lipinski definition) is 1. The second-order valence-electron chi connectivity index (χ2n) is 4.82. The molecule has 0 aliphatic rings. The van der Waals surface area contributed by atoms with Crippen molar-refractivity contribution in [3.63, 3.8) is 0 Å². The zero-order valence-electron chi connectivity index (χ0n) is 12.9. The third kappa shape index (κ3) is 5.57. The van der Waals surface area contributed by atoms with Crippen LogP contribution in [0.5, 0.6) is 0 Å². The van der Waals surface area contributed by atoms with Crippen molar-refractivity contribution >= 4 is 34.7 Å². The minimum Gasteiger partial charge on any atom is -0.455 e. The van der Waals surface area contributed by atoms with E-state index in [-0.39, 0.29) is 24.3 Å². The largest absolute Gasteiger partial charge is 0.455 e. The lowest BCUT2D eigenvalue weighted by Gasteiger charge is -2.12. The average molecular weight is 338 g/mol. The predicted molar refractivity (Wildman–Crippen MR) is 85.2 cm³/mol. The Bertz CT molecular complexity index is 640. The van der Waals surface area contributed by atoms with E-state index in [0.29, 0.717) is 17.4 Å². The molecule has 1 aromatic heterocycles. The van der Waals surface area contributed by atoms with E-state index in [1.54, 1.807) is 20.1 Å². The van der Waals surface area contributed by atoms with E-state index in [2.05, 4.69) is 10.3 Å². The molecular weight excluding hydrogens is 320 g/mol. The summed E-state index contributed by atoms with van der Waals surface area (Å²) in [6, 6.07) is 7.19. The highest BCUT2D eigenvalue weighted by Gasteiger charge is 2.13. The van der Waals surface area contributed by atoms with Gasteiger partial charge in [0.25, 0.3) is 11.1 Å². The summed E-state index contributed by atoms with van der Waals surface area (Å²) in [5, 5.41) is 3.04. The highest BCUT2D eigenvalue weighted by atomic mass is 32.2. The zero-order chi connectivity index (χ0) is 16.7. The van der Waals surface area contributed by atoms with Crippen LogP contribution in [0, 0.1) is 0 Å². The Morgan fingerprint density at radius 2 is 2.17 bits per heavy atom. The predicted octanol–water partition coefficient (Wildman–Crippen LogP) is 1.61. The number of rotatable bonds is 8. The molecule has 0 saturated carbocycles. The summed E-state index contributed by atoms with van der Waals surface area (Å²) in [5.41, 5.74) is 1.39. The van der Waals surface area contributed by atoms with Gasteiger partial charge in [-0.25, -0.2) is 4.98 Å². The third-order valence-electron chi connectivity index (χ3n) is 2.78. The van der Waals surface area contributed by atoms with Crippen molar-refractivity contribution in [1.29, 1.82) is 0 Å². The number of benzene rings is 1. The van der Waals surface area contributed by atoms with Crippen LogP contribution in [-0.4, -0.2) is 49.0 Å². The van der Waals surface area contributed by atoms with Gasteiger partial charge in [-0.3, -0.25) is 9.59 Å². The zero-order valence-corrected chi connectivity index (χ0v) is 13.7. The molecule has 0 unspecified atom stereocenters. The Kier molecular flexibility index (Phi) is 6.42. The molecule has 23 heavy (non-hydrogen) atoms. The van der Waals surface area contributed by atoms with Crippen molar-refractivity contribution in [2.75, 3.05) is 26.1 Å². The number of amides is 1. The Balaban J connectivity index is 1.71. The first-order valence-corrected chi connectivity index (χ1v) is 7.99. The molecule has 1 amide bonds. The quantitative estimate of drug-likeness (QED) is 0.577. The van der Waals surface area contributed by atoms with Gasteiger partial charge in [0.1, 0.15) is 11.3 Å². The van der Waals surface area contributed by atoms with E-state index in [4.69, 9.17) is 13.9 Å². The van der Waals surface area contributed by atoms with Crippen LogP contribution in [0.25, 0.3) is 11.1 Å². The van der Waals surface area contributed by atoms with Crippen LogP contribution in [0.3, 0.4) is 0 Å². The summed E-state index contributed by atoms with van der Waals surface area (Å²) in [6.45, 7) is 1.88. The van der Waals surface area contributed by atoms with Crippen LogP contribution >= 0.6 is 11.8 Å². The Morgan fingerprint density at radius 3 is 2.91 bits per heavy atom. The number of nitrogens with one attached hydrogen (secondary N) is 1. The molecule has 0 fully saturated rings. The fourth-order valence-corrected chi connectivity index (χ4v) is 2.47. The number of fused-ring (bicyclic) bond motifs is 1. The van der Waals surface area contributed by atoms with E-state index in [1.165, 1.54) is 0 Å². The summed E-state index contributed by atoms with van der Waals surface area (Å²) < 4.78 is 15.3. The fraction of sp³-hybridized carbons (Fsp3) is 0.400. The van der Waals surface area contributed by atoms with Gasteiger partial charge in [0.2, 0.25) is 0 Å². The second kappa shape index (κ2) is 8.54. The van der Waals surface area contributed by atoms with E-state index >= 15 is 0 Å². The van der Waals surface area contributed by atoms with E-state index < -0.39 is 5.97 Å². The number of esters is 1. The summed E-state index contributed by atoms with van der Waals surface area (Å²) in [6.07, 6.45) is 0. The van der Waals surface area contributed by atoms with Gasteiger partial charge in [-0.05, 0) is 19.1 Å². The Labute approximate surface area is 137 Å². The van der Waals surface area contributed by atoms with Gasteiger partial charge in [0, 0.05) is 13.2 Å². The van der Waals surface area contributed by atoms with Crippen LogP contribution in [0.4, 0.5) is 0 Å². The first-order valence-electron chi connectivity index (χ1n) is 7.00. The maximum atomic E-state index is 11.6. The van der Waals surface area contributed by atoms with Crippen LogP contribution in [0.2, 0.25) is 0 Å². The molecule has 7 nitrogen and oxygen atoms in total. The van der Waals surface area contributed by atoms with Crippen molar-refractivity contribution in [2.24, 2.45) is 0 Å². The van der Waals surface area contributed by atoms with Crippen molar-refractivity contribution in [3.05, 3.63) is 24.3 Å². The highest BCUT2D eigenvalue weighted by molar-refractivity contribution is 7.99. The van der Waals surface area contributed by atoms with Gasteiger partial charge in [-0.2, -0.15) is 0 Å². The van der Waals surface area contributed by atoms with Crippen LogP contribution in [-0.2, 0) is 19.1 Å². The standard InChI is InChI=1S/C15H18N2O5S/c1-10(7-20-2)16-13(18)8-21-14(19)9-23-15-17-11-5-3-4-6-12(11)22-15/h3-6,10H,7-9H2,1-2H3,(H,16,18)/t10-/m0/s1. The minimum atomic E-state index is -0.508. The number of methoxy groups -OCH3 is 1. The summed E-state index contributed by atoms with van der Waals surface area (Å²) >= 11 is 1.12. The number of para-hydroxylation sites is 2. The average Bonchev–Trinajstić information content (AvgIpc) is 2.94. The Hall–Kier alpha value is -2.06. The molecule has 1 atom stereocenters. The number of hydrogen-bond acceptors (Lipinski definition) is 7. The molecule has 0 aliphatic carbocycles. The SMILES string of the molecule is COC[C@H](C)NC(=O)COC(=O)CSc1nc2ccccc2o1. The van der Waals surface area contributed by atoms with Crippen LogP contribution < -0.4 is 5.32 Å². The lowest BCUT2D eigenvalue weighted by molar-refractivity contribution is -0.146. The van der Waals surface area contributed by atoms with E-state index in [9.17, 15) is 9.59 Å². The summed E-state index contributed by atoms with van der Waals surface area (Å²) in [7, 11) is 1.55. The number of nitrogens with zero attached hydrogens (tertiary/aromatic N) is 1. The lowest BCUT2D eigenvalue weighted by atomic mass is 10.3. The molecule has 8 heteroatoms. The van der Waals surface area contributed by atoms with Crippen molar-refractivity contribution in [1.82, 2.24) is 10.3 Å². The van der Waals surface area contributed by atoms with Gasteiger partial charge in [-0.1, -0.05) is 23.9 Å². The van der Waals surface area contributed by atoms with Gasteiger partial charge < -0.3 is 19.2 Å². The number of carbonyl (C=O) groups excluding carboxylic acids is 2. The van der Waals surface area contributed by atoms with E-state index in [1.807, 2.05) is 18.2 Å². The molecular formula is C15H18N2O5S. The number of ether oxygens (including phenoxy) is 2. The van der Waals surface area contributed by atoms with E-state index in [0.717, 1.165) is 17.3 Å². The molecule has 0 spiro atoms. The second-order valence-corrected chi connectivity index (χ2v) is 5.75. The normalized spacial score (nSPS) is 12.1. The molecule has 1 N–H and O–H groups in total. The molecule has 1 aromatic carbocycles. The highest BCUT2D eigenvalue weighted by Crippen LogP contribution is 2.22. The van der Waals surface area contributed by atoms with Crippen molar-refractivity contribution < 1.29 is 23.5 Å². The number of aromatic nitrogens is 1. The van der Waals surface area contributed by atoms with Crippen molar-refractivity contribution in [3.8, 4) is 0 Å². The molecule has 0 saturated heterocycles. The summed E-state index contributed by atoms with van der Waals surface area (Å²) in [4.78, 5) is 27.4. The van der Waals surface area contributed by atoms with Gasteiger partial charge in [-0.15, -0.1) is 0 Å². The van der Waals surface area contributed by atoms with Crippen molar-refractivity contribution in [2.45, 2.75) is 18.2 Å². The minimum absolute atomic E-state index is 0.0216. The fourth-order valence-electron chi connectivity index (χ4n) is 1.83. The van der Waals surface area contributed by atoms with Crippen LogP contribution in [0.15, 0.2) is 33.9 Å². The first kappa shape index (κ1) is 17.3.